The van der Waals surface area contributed by atoms with Crippen LogP contribution < -0.4 is 0 Å². The van der Waals surface area contributed by atoms with E-state index in [1.54, 1.807) is 26.0 Å². The van der Waals surface area contributed by atoms with Crippen molar-refractivity contribution in [1.82, 2.24) is 0 Å². The van der Waals surface area contributed by atoms with Crippen LogP contribution in [0, 0.1) is 0 Å². The molecule has 1 aliphatic heterocycles. The molecule has 0 radical (unpaired) electrons. The van der Waals surface area contributed by atoms with Crippen LogP contribution in [-0.2, 0) is 9.53 Å². The molecule has 2 N–H and O–H groups in total. The molecule has 19 heavy (non-hydrogen) atoms. The van der Waals surface area contributed by atoms with Gasteiger partial charge < -0.3 is 14.9 Å². The van der Waals surface area contributed by atoms with E-state index in [0.29, 0.717) is 23.0 Å². The Morgan fingerprint density at radius 3 is 2.95 bits per heavy atom. The van der Waals surface area contributed by atoms with Crippen molar-refractivity contribution in [3.05, 3.63) is 23.8 Å². The number of hydrogen-bond acceptors (Lipinski definition) is 6. The van der Waals surface area contributed by atoms with E-state index in [9.17, 15) is 15.0 Å². The second-order valence-corrected chi connectivity index (χ2v) is 5.34. The average molecular weight is 281 g/mol. The lowest BCUT2D eigenvalue weighted by molar-refractivity contribution is -0.147. The largest absolute Gasteiger partial charge is 0.504 e. The Morgan fingerprint density at radius 1 is 1.53 bits per heavy atom. The van der Waals surface area contributed by atoms with Crippen LogP contribution in [0.3, 0.4) is 0 Å². The summed E-state index contributed by atoms with van der Waals surface area (Å²) in [6.45, 7) is 3.75. The van der Waals surface area contributed by atoms with Gasteiger partial charge in [-0.1, -0.05) is 6.07 Å². The van der Waals surface area contributed by atoms with E-state index >= 15 is 0 Å². The Bertz CT molecular complexity index is 543. The molecule has 1 aliphatic rings. The highest BCUT2D eigenvalue weighted by Gasteiger charge is 2.40. The summed E-state index contributed by atoms with van der Waals surface area (Å²) in [7, 11) is 0. The van der Waals surface area contributed by atoms with Gasteiger partial charge in [-0.2, -0.15) is 0 Å². The topological polar surface area (TPSA) is 79.1 Å². The van der Waals surface area contributed by atoms with E-state index < -0.39 is 5.54 Å². The summed E-state index contributed by atoms with van der Waals surface area (Å²) in [5, 5.41) is 19.8. The van der Waals surface area contributed by atoms with Crippen molar-refractivity contribution in [1.29, 1.82) is 0 Å². The number of carbonyl (C=O) groups excluding carboxylic acids is 1. The van der Waals surface area contributed by atoms with Crippen LogP contribution in [0.1, 0.15) is 19.4 Å². The molecule has 1 aromatic rings. The predicted molar refractivity (Wildman–Crippen MR) is 73.8 cm³/mol. The molecular weight excluding hydrogens is 266 g/mol. The Morgan fingerprint density at radius 2 is 2.26 bits per heavy atom. The molecule has 0 saturated heterocycles. The highest BCUT2D eigenvalue weighted by atomic mass is 32.2. The zero-order chi connectivity index (χ0) is 14.0. The molecule has 5 nitrogen and oxygen atoms in total. The zero-order valence-electron chi connectivity index (χ0n) is 10.7. The number of aromatic hydroxyl groups is 2. The molecule has 1 atom stereocenters. The SMILES string of the molecule is CCOC(=O)[C@@]1(C)CSC(c2cccc(O)c2O)=N1. The Balaban J connectivity index is 2.33. The lowest BCUT2D eigenvalue weighted by atomic mass is 10.1. The van der Waals surface area contributed by atoms with Crippen LogP contribution >= 0.6 is 11.8 Å². The summed E-state index contributed by atoms with van der Waals surface area (Å²) in [6.07, 6.45) is 0. The van der Waals surface area contributed by atoms with Crippen molar-refractivity contribution in [2.75, 3.05) is 12.4 Å². The maximum Gasteiger partial charge on any atom is 0.334 e. The van der Waals surface area contributed by atoms with Crippen molar-refractivity contribution >= 4 is 22.8 Å². The molecule has 0 amide bonds. The summed E-state index contributed by atoms with van der Waals surface area (Å²) in [5.41, 5.74) is -0.508. The molecule has 0 unspecified atom stereocenters. The maximum atomic E-state index is 11.8. The zero-order valence-corrected chi connectivity index (χ0v) is 11.5. The van der Waals surface area contributed by atoms with E-state index in [2.05, 4.69) is 4.99 Å². The van der Waals surface area contributed by atoms with Gasteiger partial charge in [-0.05, 0) is 26.0 Å². The highest BCUT2D eigenvalue weighted by Crippen LogP contribution is 2.37. The first-order chi connectivity index (χ1) is 8.98. The number of para-hydroxylation sites is 1. The van der Waals surface area contributed by atoms with Gasteiger partial charge in [0.1, 0.15) is 5.04 Å². The minimum absolute atomic E-state index is 0.203. The second kappa shape index (κ2) is 5.13. The summed E-state index contributed by atoms with van der Waals surface area (Å²) in [5.74, 6) is -0.347. The minimum atomic E-state index is -0.937. The molecule has 102 valence electrons. The van der Waals surface area contributed by atoms with Crippen molar-refractivity contribution in [2.24, 2.45) is 4.99 Å². The van der Waals surface area contributed by atoms with E-state index in [1.807, 2.05) is 0 Å². The second-order valence-electron chi connectivity index (χ2n) is 4.37. The number of phenolic OH excluding ortho intramolecular Hbond substituents is 2. The Kier molecular flexibility index (Phi) is 3.71. The fraction of sp³-hybridized carbons (Fsp3) is 0.385. The molecule has 0 aromatic heterocycles. The molecule has 1 heterocycles. The molecule has 6 heteroatoms. The van der Waals surface area contributed by atoms with Crippen LogP contribution in [-0.4, -0.2) is 39.1 Å². The molecular formula is C13H15NO4S. The lowest BCUT2D eigenvalue weighted by Crippen LogP contribution is -2.35. The standard InChI is InChI=1S/C13H15NO4S/c1-3-18-12(17)13(2)7-19-11(14-13)8-5-4-6-9(15)10(8)16/h4-6,15-16H,3,7H2,1-2H3/t13-/m1/s1. The van der Waals surface area contributed by atoms with E-state index in [4.69, 9.17) is 4.74 Å². The quantitative estimate of drug-likeness (QED) is 0.653. The van der Waals surface area contributed by atoms with E-state index in [-0.39, 0.29) is 17.5 Å². The fourth-order valence-electron chi connectivity index (χ4n) is 1.73. The average Bonchev–Trinajstić information content (AvgIpc) is 2.77. The monoisotopic (exact) mass is 281 g/mol. The van der Waals surface area contributed by atoms with Crippen molar-refractivity contribution in [3.8, 4) is 11.5 Å². The number of nitrogens with zero attached hydrogens (tertiary/aromatic N) is 1. The van der Waals surface area contributed by atoms with Crippen molar-refractivity contribution in [2.45, 2.75) is 19.4 Å². The molecule has 0 saturated carbocycles. The maximum absolute atomic E-state index is 11.8. The summed E-state index contributed by atoms with van der Waals surface area (Å²) in [6, 6.07) is 4.66. The van der Waals surface area contributed by atoms with Gasteiger partial charge in [-0.3, -0.25) is 4.99 Å². The fourth-order valence-corrected chi connectivity index (χ4v) is 2.92. The molecule has 2 rings (SSSR count). The summed E-state index contributed by atoms with van der Waals surface area (Å²) >= 11 is 1.36. The van der Waals surface area contributed by atoms with Gasteiger partial charge in [-0.15, -0.1) is 11.8 Å². The number of phenols is 2. The van der Waals surface area contributed by atoms with Gasteiger partial charge in [0.2, 0.25) is 0 Å². The first-order valence-corrected chi connectivity index (χ1v) is 6.87. The molecule has 0 bridgehead atoms. The number of hydrogen-bond donors (Lipinski definition) is 2. The third-order valence-electron chi connectivity index (χ3n) is 2.80. The Labute approximate surface area is 115 Å². The van der Waals surface area contributed by atoms with Crippen molar-refractivity contribution in [3.63, 3.8) is 0 Å². The van der Waals surface area contributed by atoms with E-state index in [0.717, 1.165) is 0 Å². The van der Waals surface area contributed by atoms with Crippen LogP contribution in [0.4, 0.5) is 0 Å². The van der Waals surface area contributed by atoms with Crippen LogP contribution in [0.25, 0.3) is 0 Å². The number of ether oxygens (including phenoxy) is 1. The van der Waals surface area contributed by atoms with Gasteiger partial charge in [0.05, 0.1) is 12.2 Å². The number of aliphatic imine (C=N–C) groups is 1. The van der Waals surface area contributed by atoms with Crippen LogP contribution in [0.15, 0.2) is 23.2 Å². The number of rotatable bonds is 3. The normalized spacial score (nSPS) is 22.1. The third kappa shape index (κ3) is 2.53. The lowest BCUT2D eigenvalue weighted by Gasteiger charge is -2.16. The smallest absolute Gasteiger partial charge is 0.334 e. The number of thioether (sulfide) groups is 1. The number of carbonyl (C=O) groups is 1. The van der Waals surface area contributed by atoms with Crippen molar-refractivity contribution < 1.29 is 19.7 Å². The molecule has 0 fully saturated rings. The molecule has 1 aromatic carbocycles. The van der Waals surface area contributed by atoms with Gasteiger partial charge in [0, 0.05) is 5.75 Å². The minimum Gasteiger partial charge on any atom is -0.504 e. The highest BCUT2D eigenvalue weighted by molar-refractivity contribution is 8.14. The predicted octanol–water partition coefficient (Wildman–Crippen LogP) is 1.91. The number of benzene rings is 1. The Hall–Kier alpha value is -1.69. The molecule has 0 aliphatic carbocycles. The molecule has 0 spiro atoms. The summed E-state index contributed by atoms with van der Waals surface area (Å²) < 4.78 is 5.00. The van der Waals surface area contributed by atoms with Gasteiger partial charge >= 0.3 is 5.97 Å². The first-order valence-electron chi connectivity index (χ1n) is 5.89. The van der Waals surface area contributed by atoms with Crippen LogP contribution in [0.2, 0.25) is 0 Å². The summed E-state index contributed by atoms with van der Waals surface area (Å²) in [4.78, 5) is 16.2. The van der Waals surface area contributed by atoms with Gasteiger partial charge in [0.15, 0.2) is 17.0 Å². The number of esters is 1. The van der Waals surface area contributed by atoms with Crippen LogP contribution in [0.5, 0.6) is 11.5 Å². The first kappa shape index (κ1) is 13.7. The third-order valence-corrected chi connectivity index (χ3v) is 4.09. The van der Waals surface area contributed by atoms with Gasteiger partial charge in [-0.25, -0.2) is 4.79 Å². The van der Waals surface area contributed by atoms with E-state index in [1.165, 1.54) is 17.8 Å². The van der Waals surface area contributed by atoms with Gasteiger partial charge in [0.25, 0.3) is 0 Å².